The molecule has 0 aromatic rings. The Balaban J connectivity index is 2.18. The van der Waals surface area contributed by atoms with E-state index in [2.05, 4.69) is 13.8 Å². The van der Waals surface area contributed by atoms with Gasteiger partial charge in [-0.3, -0.25) is 0 Å². The zero-order valence-corrected chi connectivity index (χ0v) is 8.73. The molecule has 1 aliphatic rings. The molecule has 0 N–H and O–H groups in total. The first-order valence-electron chi connectivity index (χ1n) is 4.74. The molecule has 1 atom stereocenters. The molecule has 0 amide bonds. The van der Waals surface area contributed by atoms with Crippen molar-refractivity contribution < 1.29 is 8.42 Å². The van der Waals surface area contributed by atoms with Crippen LogP contribution in [0.5, 0.6) is 0 Å². The van der Waals surface area contributed by atoms with Crippen molar-refractivity contribution in [3.05, 3.63) is 0 Å². The van der Waals surface area contributed by atoms with Crippen molar-refractivity contribution in [2.45, 2.75) is 33.1 Å². The van der Waals surface area contributed by atoms with Crippen molar-refractivity contribution in [2.75, 3.05) is 11.5 Å². The van der Waals surface area contributed by atoms with Crippen molar-refractivity contribution >= 4 is 9.84 Å². The van der Waals surface area contributed by atoms with E-state index in [9.17, 15) is 8.42 Å². The summed E-state index contributed by atoms with van der Waals surface area (Å²) in [5.41, 5.74) is 0. The Morgan fingerprint density at radius 2 is 2.00 bits per heavy atom. The summed E-state index contributed by atoms with van der Waals surface area (Å²) in [7, 11) is -2.59. The predicted molar refractivity (Wildman–Crippen MR) is 50.8 cm³/mol. The molecule has 0 saturated carbocycles. The van der Waals surface area contributed by atoms with E-state index in [0.29, 0.717) is 23.3 Å². The van der Waals surface area contributed by atoms with Crippen LogP contribution in [0.1, 0.15) is 33.1 Å². The van der Waals surface area contributed by atoms with Gasteiger partial charge in [0.1, 0.15) is 0 Å². The summed E-state index contributed by atoms with van der Waals surface area (Å²) in [5, 5.41) is 0. The summed E-state index contributed by atoms with van der Waals surface area (Å²) in [6.07, 6.45) is 3.55. The van der Waals surface area contributed by atoms with E-state index in [1.807, 2.05) is 0 Å². The van der Waals surface area contributed by atoms with Gasteiger partial charge in [0.05, 0.1) is 11.5 Å². The first kappa shape index (κ1) is 10.0. The van der Waals surface area contributed by atoms with Crippen molar-refractivity contribution in [1.29, 1.82) is 0 Å². The quantitative estimate of drug-likeness (QED) is 0.678. The average molecular weight is 190 g/mol. The van der Waals surface area contributed by atoms with Crippen LogP contribution in [0.4, 0.5) is 0 Å². The molecule has 0 aliphatic carbocycles. The predicted octanol–water partition coefficient (Wildman–Crippen LogP) is 1.86. The van der Waals surface area contributed by atoms with E-state index in [4.69, 9.17) is 0 Å². The molecule has 1 heterocycles. The molecule has 0 aromatic carbocycles. The van der Waals surface area contributed by atoms with Gasteiger partial charge in [0, 0.05) is 0 Å². The number of hydrogen-bond donors (Lipinski definition) is 0. The lowest BCUT2D eigenvalue weighted by molar-refractivity contribution is 0.392. The fraction of sp³-hybridized carbons (Fsp3) is 1.00. The van der Waals surface area contributed by atoms with Gasteiger partial charge in [0.15, 0.2) is 9.84 Å². The SMILES string of the molecule is CCCC(C)CC1CS(=O)(=O)C1. The zero-order chi connectivity index (χ0) is 9.19. The lowest BCUT2D eigenvalue weighted by Crippen LogP contribution is -2.37. The second-order valence-electron chi connectivity index (χ2n) is 4.07. The third-order valence-electron chi connectivity index (χ3n) is 2.50. The minimum absolute atomic E-state index is 0.445. The normalized spacial score (nSPS) is 24.8. The van der Waals surface area contributed by atoms with E-state index in [1.165, 1.54) is 12.8 Å². The molecule has 1 unspecified atom stereocenters. The van der Waals surface area contributed by atoms with E-state index >= 15 is 0 Å². The highest BCUT2D eigenvalue weighted by atomic mass is 32.2. The minimum atomic E-state index is -2.59. The maximum absolute atomic E-state index is 10.8. The van der Waals surface area contributed by atoms with Crippen LogP contribution in [0.3, 0.4) is 0 Å². The van der Waals surface area contributed by atoms with Crippen LogP contribution >= 0.6 is 0 Å². The Hall–Kier alpha value is -0.0500. The van der Waals surface area contributed by atoms with Crippen molar-refractivity contribution in [1.82, 2.24) is 0 Å². The second kappa shape index (κ2) is 3.77. The first-order valence-corrected chi connectivity index (χ1v) is 6.56. The smallest absolute Gasteiger partial charge is 0.150 e. The summed E-state index contributed by atoms with van der Waals surface area (Å²) in [4.78, 5) is 0. The van der Waals surface area contributed by atoms with Gasteiger partial charge < -0.3 is 0 Å². The van der Waals surface area contributed by atoms with Crippen molar-refractivity contribution in [3.8, 4) is 0 Å². The molecule has 0 spiro atoms. The summed E-state index contributed by atoms with van der Waals surface area (Å²) in [6, 6.07) is 0. The summed E-state index contributed by atoms with van der Waals surface area (Å²) < 4.78 is 21.7. The highest BCUT2D eigenvalue weighted by Gasteiger charge is 2.33. The molecular formula is C9H18O2S. The van der Waals surface area contributed by atoms with E-state index in [-0.39, 0.29) is 0 Å². The minimum Gasteiger partial charge on any atom is -0.229 e. The molecule has 0 bridgehead atoms. The topological polar surface area (TPSA) is 34.1 Å². The molecule has 1 saturated heterocycles. The van der Waals surface area contributed by atoms with Gasteiger partial charge in [-0.25, -0.2) is 8.42 Å². The first-order chi connectivity index (χ1) is 5.53. The molecule has 12 heavy (non-hydrogen) atoms. The molecule has 1 aliphatic heterocycles. The van der Waals surface area contributed by atoms with Gasteiger partial charge in [-0.1, -0.05) is 26.7 Å². The molecule has 0 aromatic heterocycles. The van der Waals surface area contributed by atoms with Crippen LogP contribution in [0.25, 0.3) is 0 Å². The molecule has 0 radical (unpaired) electrons. The fourth-order valence-electron chi connectivity index (χ4n) is 1.99. The third-order valence-corrected chi connectivity index (χ3v) is 4.45. The Kier molecular flexibility index (Phi) is 3.16. The fourth-order valence-corrected chi connectivity index (χ4v) is 3.60. The highest BCUT2D eigenvalue weighted by molar-refractivity contribution is 7.92. The molecule has 1 rings (SSSR count). The zero-order valence-electron chi connectivity index (χ0n) is 7.91. The van der Waals surface area contributed by atoms with Gasteiger partial charge in [-0.05, 0) is 18.3 Å². The average Bonchev–Trinajstić information content (AvgIpc) is 1.83. The van der Waals surface area contributed by atoms with Crippen molar-refractivity contribution in [2.24, 2.45) is 11.8 Å². The summed E-state index contributed by atoms with van der Waals surface area (Å²) in [6.45, 7) is 4.39. The Morgan fingerprint density at radius 1 is 1.42 bits per heavy atom. The van der Waals surface area contributed by atoms with Gasteiger partial charge in [-0.15, -0.1) is 0 Å². The third kappa shape index (κ3) is 2.77. The van der Waals surface area contributed by atoms with E-state index < -0.39 is 9.84 Å². The molecule has 2 nitrogen and oxygen atoms in total. The van der Waals surface area contributed by atoms with Crippen LogP contribution in [-0.4, -0.2) is 19.9 Å². The standard InChI is InChI=1S/C9H18O2S/c1-3-4-8(2)5-9-6-12(10,11)7-9/h8-9H,3-7H2,1-2H3. The largest absolute Gasteiger partial charge is 0.229 e. The van der Waals surface area contributed by atoms with E-state index in [1.54, 1.807) is 0 Å². The van der Waals surface area contributed by atoms with Crippen LogP contribution in [0, 0.1) is 11.8 Å². The van der Waals surface area contributed by atoms with Gasteiger partial charge in [0.2, 0.25) is 0 Å². The van der Waals surface area contributed by atoms with Crippen LogP contribution in [0.15, 0.2) is 0 Å². The molecule has 1 fully saturated rings. The highest BCUT2D eigenvalue weighted by Crippen LogP contribution is 2.26. The van der Waals surface area contributed by atoms with Gasteiger partial charge in [0.25, 0.3) is 0 Å². The van der Waals surface area contributed by atoms with E-state index in [0.717, 1.165) is 6.42 Å². The number of sulfone groups is 1. The molecule has 72 valence electrons. The van der Waals surface area contributed by atoms with Gasteiger partial charge >= 0.3 is 0 Å². The Labute approximate surface area is 75.3 Å². The Bertz CT molecular complexity index is 219. The molecular weight excluding hydrogens is 172 g/mol. The van der Waals surface area contributed by atoms with Crippen LogP contribution in [0.2, 0.25) is 0 Å². The Morgan fingerprint density at radius 3 is 2.42 bits per heavy atom. The lowest BCUT2D eigenvalue weighted by Gasteiger charge is -2.27. The maximum Gasteiger partial charge on any atom is 0.150 e. The number of rotatable bonds is 4. The lowest BCUT2D eigenvalue weighted by atomic mass is 9.94. The summed E-state index contributed by atoms with van der Waals surface area (Å²) in [5.74, 6) is 2.06. The van der Waals surface area contributed by atoms with Crippen LogP contribution < -0.4 is 0 Å². The van der Waals surface area contributed by atoms with Crippen LogP contribution in [-0.2, 0) is 9.84 Å². The second-order valence-corrected chi connectivity index (χ2v) is 6.23. The molecule has 3 heteroatoms. The van der Waals surface area contributed by atoms with Crippen molar-refractivity contribution in [3.63, 3.8) is 0 Å². The maximum atomic E-state index is 10.8. The number of hydrogen-bond acceptors (Lipinski definition) is 2. The monoisotopic (exact) mass is 190 g/mol. The summed E-state index contributed by atoms with van der Waals surface area (Å²) >= 11 is 0. The van der Waals surface area contributed by atoms with Gasteiger partial charge in [-0.2, -0.15) is 0 Å².